The van der Waals surface area contributed by atoms with Crippen molar-refractivity contribution >= 4 is 23.2 Å². The minimum Gasteiger partial charge on any atom is -0.314 e. The Hall–Kier alpha value is -1.03. The second-order valence-electron chi connectivity index (χ2n) is 5.19. The van der Waals surface area contributed by atoms with E-state index in [1.54, 1.807) is 0 Å². The van der Waals surface area contributed by atoms with Gasteiger partial charge < -0.3 is 5.32 Å². The number of nitrogens with zero attached hydrogens (tertiary/aromatic N) is 2. The Morgan fingerprint density at radius 2 is 2.05 bits per heavy atom. The van der Waals surface area contributed by atoms with Crippen LogP contribution in [0.1, 0.15) is 24.6 Å². The Bertz CT molecular complexity index is 581. The van der Waals surface area contributed by atoms with E-state index in [-0.39, 0.29) is 0 Å². The predicted molar refractivity (Wildman–Crippen MR) is 89.2 cm³/mol. The first-order chi connectivity index (χ1) is 10.1. The van der Waals surface area contributed by atoms with Crippen LogP contribution in [0.3, 0.4) is 0 Å². The van der Waals surface area contributed by atoms with Crippen LogP contribution in [0.2, 0.25) is 10.0 Å². The first-order valence-corrected chi connectivity index (χ1v) is 8.00. The van der Waals surface area contributed by atoms with E-state index in [0.29, 0.717) is 16.1 Å². The maximum Gasteiger partial charge on any atom is 0.0595 e. The zero-order valence-corrected chi connectivity index (χ0v) is 14.0. The summed E-state index contributed by atoms with van der Waals surface area (Å²) in [6, 6.07) is 8.36. The molecule has 2 rings (SSSR count). The molecule has 2 aromatic rings. The molecule has 0 bridgehead atoms. The van der Waals surface area contributed by atoms with Gasteiger partial charge in [0.2, 0.25) is 0 Å². The number of nitrogens with one attached hydrogen (secondary N) is 1. The predicted octanol–water partition coefficient (Wildman–Crippen LogP) is 3.88. The Labute approximate surface area is 136 Å². The smallest absolute Gasteiger partial charge is 0.0595 e. The average molecular weight is 326 g/mol. The van der Waals surface area contributed by atoms with Crippen LogP contribution < -0.4 is 5.32 Å². The SMILES string of the molecule is CCNC(CCc1ccnn1C)Cc1ccc(Cl)c(Cl)c1. The Balaban J connectivity index is 1.98. The second-order valence-corrected chi connectivity index (χ2v) is 6.01. The third-order valence-electron chi connectivity index (χ3n) is 3.63. The maximum atomic E-state index is 6.09. The molecule has 1 aromatic carbocycles. The molecule has 0 fully saturated rings. The summed E-state index contributed by atoms with van der Waals surface area (Å²) in [5.74, 6) is 0. The van der Waals surface area contributed by atoms with Gasteiger partial charge in [-0.2, -0.15) is 5.10 Å². The van der Waals surface area contributed by atoms with Gasteiger partial charge >= 0.3 is 0 Å². The molecule has 1 unspecified atom stereocenters. The molecular formula is C16H21Cl2N3. The van der Waals surface area contributed by atoms with Crippen LogP contribution in [-0.4, -0.2) is 22.4 Å². The quantitative estimate of drug-likeness (QED) is 0.837. The van der Waals surface area contributed by atoms with Gasteiger partial charge in [0.25, 0.3) is 0 Å². The van der Waals surface area contributed by atoms with Crippen molar-refractivity contribution in [1.29, 1.82) is 0 Å². The van der Waals surface area contributed by atoms with E-state index in [1.165, 1.54) is 11.3 Å². The van der Waals surface area contributed by atoms with Crippen LogP contribution in [0.25, 0.3) is 0 Å². The van der Waals surface area contributed by atoms with Crippen molar-refractivity contribution in [3.05, 3.63) is 51.8 Å². The standard InChI is InChI=1S/C16H21Cl2N3/c1-3-19-13(5-6-14-8-9-20-21(14)2)10-12-4-7-15(17)16(18)11-12/h4,7-9,11,13,19H,3,5-6,10H2,1-2H3. The minimum atomic E-state index is 0.419. The van der Waals surface area contributed by atoms with Crippen molar-refractivity contribution < 1.29 is 0 Å². The fraction of sp³-hybridized carbons (Fsp3) is 0.438. The molecule has 0 amide bonds. The van der Waals surface area contributed by atoms with Gasteiger partial charge in [-0.15, -0.1) is 0 Å². The van der Waals surface area contributed by atoms with Crippen molar-refractivity contribution in [3.8, 4) is 0 Å². The van der Waals surface area contributed by atoms with Crippen LogP contribution >= 0.6 is 23.2 Å². The molecule has 1 heterocycles. The summed E-state index contributed by atoms with van der Waals surface area (Å²) in [4.78, 5) is 0. The van der Waals surface area contributed by atoms with Crippen LogP contribution in [0.5, 0.6) is 0 Å². The lowest BCUT2D eigenvalue weighted by molar-refractivity contribution is 0.484. The van der Waals surface area contributed by atoms with E-state index in [4.69, 9.17) is 23.2 Å². The molecule has 1 atom stereocenters. The first kappa shape index (κ1) is 16.3. The van der Waals surface area contributed by atoms with Gasteiger partial charge in [0.1, 0.15) is 0 Å². The molecule has 0 saturated carbocycles. The molecule has 1 N–H and O–H groups in total. The van der Waals surface area contributed by atoms with E-state index >= 15 is 0 Å². The van der Waals surface area contributed by atoms with Crippen molar-refractivity contribution in [2.24, 2.45) is 7.05 Å². The van der Waals surface area contributed by atoms with Crippen LogP contribution in [0.15, 0.2) is 30.5 Å². The number of likely N-dealkylation sites (N-methyl/N-ethyl adjacent to an activating group) is 1. The highest BCUT2D eigenvalue weighted by atomic mass is 35.5. The van der Waals surface area contributed by atoms with E-state index in [2.05, 4.69) is 23.4 Å². The van der Waals surface area contributed by atoms with E-state index in [1.807, 2.05) is 36.1 Å². The van der Waals surface area contributed by atoms with Gasteiger partial charge in [-0.1, -0.05) is 36.2 Å². The summed E-state index contributed by atoms with van der Waals surface area (Å²) in [6.07, 6.45) is 4.86. The lowest BCUT2D eigenvalue weighted by Crippen LogP contribution is -2.31. The minimum absolute atomic E-state index is 0.419. The molecule has 0 radical (unpaired) electrons. The zero-order valence-electron chi connectivity index (χ0n) is 12.4. The summed E-state index contributed by atoms with van der Waals surface area (Å²) in [6.45, 7) is 3.09. The van der Waals surface area contributed by atoms with Crippen molar-refractivity contribution in [3.63, 3.8) is 0 Å². The normalized spacial score (nSPS) is 12.6. The first-order valence-electron chi connectivity index (χ1n) is 7.24. The highest BCUT2D eigenvalue weighted by molar-refractivity contribution is 6.42. The van der Waals surface area contributed by atoms with Gasteiger partial charge in [0.05, 0.1) is 10.0 Å². The fourth-order valence-corrected chi connectivity index (χ4v) is 2.81. The molecule has 5 heteroatoms. The second kappa shape index (κ2) is 7.83. The Kier molecular flexibility index (Phi) is 6.09. The van der Waals surface area contributed by atoms with Gasteiger partial charge in [0, 0.05) is 25.0 Å². The molecule has 114 valence electrons. The van der Waals surface area contributed by atoms with Gasteiger partial charge in [-0.3, -0.25) is 4.68 Å². The summed E-state index contributed by atoms with van der Waals surface area (Å²) < 4.78 is 1.93. The number of hydrogen-bond acceptors (Lipinski definition) is 2. The summed E-state index contributed by atoms with van der Waals surface area (Å²) in [7, 11) is 1.98. The van der Waals surface area contributed by atoms with Gasteiger partial charge in [-0.05, 0) is 49.6 Å². The number of hydrogen-bond donors (Lipinski definition) is 1. The molecule has 0 aliphatic carbocycles. The molecule has 3 nitrogen and oxygen atoms in total. The lowest BCUT2D eigenvalue weighted by atomic mass is 10.0. The molecule has 21 heavy (non-hydrogen) atoms. The number of halogens is 2. The lowest BCUT2D eigenvalue weighted by Gasteiger charge is -2.18. The monoisotopic (exact) mass is 325 g/mol. The molecule has 0 aliphatic rings. The molecule has 0 spiro atoms. The topological polar surface area (TPSA) is 29.9 Å². The van der Waals surface area contributed by atoms with Crippen molar-refractivity contribution in [2.75, 3.05) is 6.54 Å². The number of aromatic nitrogens is 2. The third-order valence-corrected chi connectivity index (χ3v) is 4.37. The average Bonchev–Trinajstić information content (AvgIpc) is 2.86. The van der Waals surface area contributed by atoms with E-state index < -0.39 is 0 Å². The summed E-state index contributed by atoms with van der Waals surface area (Å²) in [5, 5.41) is 8.98. The fourth-order valence-electron chi connectivity index (χ4n) is 2.48. The largest absolute Gasteiger partial charge is 0.314 e. The highest BCUT2D eigenvalue weighted by Crippen LogP contribution is 2.23. The van der Waals surface area contributed by atoms with Crippen LogP contribution in [0.4, 0.5) is 0 Å². The summed E-state index contributed by atoms with van der Waals surface area (Å²) in [5.41, 5.74) is 2.47. The highest BCUT2D eigenvalue weighted by Gasteiger charge is 2.11. The number of aryl methyl sites for hydroxylation is 2. The van der Waals surface area contributed by atoms with Crippen molar-refractivity contribution in [1.82, 2.24) is 15.1 Å². The van der Waals surface area contributed by atoms with Gasteiger partial charge in [0.15, 0.2) is 0 Å². The van der Waals surface area contributed by atoms with Crippen LogP contribution in [0, 0.1) is 0 Å². The molecular weight excluding hydrogens is 305 g/mol. The van der Waals surface area contributed by atoms with E-state index in [0.717, 1.165) is 25.8 Å². The Morgan fingerprint density at radius 3 is 2.67 bits per heavy atom. The number of rotatable bonds is 7. The van der Waals surface area contributed by atoms with Gasteiger partial charge in [-0.25, -0.2) is 0 Å². The molecule has 1 aromatic heterocycles. The zero-order chi connectivity index (χ0) is 15.2. The number of benzene rings is 1. The molecule has 0 aliphatic heterocycles. The summed E-state index contributed by atoms with van der Waals surface area (Å²) >= 11 is 12.1. The van der Waals surface area contributed by atoms with Crippen molar-refractivity contribution in [2.45, 2.75) is 32.2 Å². The Morgan fingerprint density at radius 1 is 1.24 bits per heavy atom. The molecule has 0 saturated heterocycles. The van der Waals surface area contributed by atoms with Crippen LogP contribution in [-0.2, 0) is 19.9 Å². The maximum absolute atomic E-state index is 6.09. The third kappa shape index (κ3) is 4.73. The van der Waals surface area contributed by atoms with E-state index in [9.17, 15) is 0 Å².